The number of rotatable bonds is 2. The lowest BCUT2D eigenvalue weighted by atomic mass is 9.83. The van der Waals surface area contributed by atoms with E-state index in [1.165, 1.54) is 0 Å². The zero-order chi connectivity index (χ0) is 12.2. The minimum Gasteiger partial charge on any atom is -0.481 e. The molecule has 0 atom stereocenters. The van der Waals surface area contributed by atoms with E-state index in [2.05, 4.69) is 12.0 Å². The zero-order valence-corrected chi connectivity index (χ0v) is 9.87. The lowest BCUT2D eigenvalue weighted by Crippen LogP contribution is -2.15. The third kappa shape index (κ3) is 2.55. The van der Waals surface area contributed by atoms with E-state index < -0.39 is 0 Å². The van der Waals surface area contributed by atoms with Crippen molar-refractivity contribution in [3.63, 3.8) is 0 Å². The van der Waals surface area contributed by atoms with Crippen LogP contribution in [0.2, 0.25) is 0 Å². The number of nitrogens with zero attached hydrogens (tertiary/aromatic N) is 1. The highest BCUT2D eigenvalue weighted by atomic mass is 16.5. The molecule has 0 N–H and O–H groups in total. The minimum absolute atomic E-state index is 0.143. The maximum absolute atomic E-state index is 9.09. The predicted octanol–water partition coefficient (Wildman–Crippen LogP) is 2.87. The molecule has 0 aliphatic carbocycles. The average Bonchev–Trinajstić information content (AvgIpc) is 2.24. The Bertz CT molecular complexity index is 455. The van der Waals surface area contributed by atoms with Crippen LogP contribution in [0.3, 0.4) is 0 Å². The predicted molar refractivity (Wildman–Crippen MR) is 64.2 cm³/mol. The molecule has 1 aromatic rings. The van der Waals surface area contributed by atoms with Crippen LogP contribution in [0.4, 0.5) is 0 Å². The summed E-state index contributed by atoms with van der Waals surface area (Å²) in [6.07, 6.45) is 5.17. The number of terminal acetylenes is 1. The summed E-state index contributed by atoms with van der Waals surface area (Å²) in [7, 11) is 0. The molecule has 0 radical (unpaired) electrons. The summed E-state index contributed by atoms with van der Waals surface area (Å²) in [6, 6.07) is 7.63. The molecule has 82 valence electrons. The van der Waals surface area contributed by atoms with Crippen molar-refractivity contribution in [1.29, 1.82) is 5.26 Å². The molecular weight excluding hydrogens is 198 g/mol. The number of hydrogen-bond donors (Lipinski definition) is 0. The summed E-state index contributed by atoms with van der Waals surface area (Å²) in [5.41, 5.74) is 1.41. The van der Waals surface area contributed by atoms with Gasteiger partial charge in [-0.3, -0.25) is 0 Å². The Labute approximate surface area is 96.9 Å². The largest absolute Gasteiger partial charge is 0.481 e. The standard InChI is InChI=1S/C14H15NO/c1-5-9-16-12-8-6-7-11(10-15)13(12)14(2,3)4/h1,6-8H,9H2,2-4H3. The summed E-state index contributed by atoms with van der Waals surface area (Å²) >= 11 is 0. The quantitative estimate of drug-likeness (QED) is 0.708. The molecule has 1 aromatic carbocycles. The summed E-state index contributed by atoms with van der Waals surface area (Å²) in [4.78, 5) is 0. The normalized spacial score (nSPS) is 10.3. The van der Waals surface area contributed by atoms with Crippen LogP contribution in [0.15, 0.2) is 18.2 Å². The van der Waals surface area contributed by atoms with Crippen molar-refractivity contribution in [2.24, 2.45) is 0 Å². The van der Waals surface area contributed by atoms with Crippen LogP contribution in [-0.4, -0.2) is 6.61 Å². The fourth-order valence-corrected chi connectivity index (χ4v) is 1.64. The topological polar surface area (TPSA) is 33.0 Å². The van der Waals surface area contributed by atoms with Gasteiger partial charge >= 0.3 is 0 Å². The molecule has 0 saturated carbocycles. The first-order valence-electron chi connectivity index (χ1n) is 5.10. The second-order valence-corrected chi connectivity index (χ2v) is 4.53. The van der Waals surface area contributed by atoms with Crippen LogP contribution in [0.5, 0.6) is 5.75 Å². The number of ether oxygens (including phenoxy) is 1. The van der Waals surface area contributed by atoms with Gasteiger partial charge in [-0.05, 0) is 17.5 Å². The summed E-state index contributed by atoms with van der Waals surface area (Å²) < 4.78 is 5.47. The van der Waals surface area contributed by atoms with Crippen LogP contribution >= 0.6 is 0 Å². The Kier molecular flexibility index (Phi) is 3.59. The van der Waals surface area contributed by atoms with Gasteiger partial charge in [0, 0.05) is 5.56 Å². The van der Waals surface area contributed by atoms with E-state index in [0.717, 1.165) is 5.56 Å². The van der Waals surface area contributed by atoms with Gasteiger partial charge in [-0.15, -0.1) is 6.42 Å². The Hall–Kier alpha value is -1.93. The van der Waals surface area contributed by atoms with Gasteiger partial charge < -0.3 is 4.74 Å². The molecular formula is C14H15NO. The van der Waals surface area contributed by atoms with Gasteiger partial charge in [0.15, 0.2) is 0 Å². The van der Waals surface area contributed by atoms with Crippen LogP contribution in [0.25, 0.3) is 0 Å². The lowest BCUT2D eigenvalue weighted by molar-refractivity contribution is 0.357. The Morgan fingerprint density at radius 3 is 2.56 bits per heavy atom. The Morgan fingerprint density at radius 2 is 2.06 bits per heavy atom. The second kappa shape index (κ2) is 4.73. The first-order chi connectivity index (χ1) is 7.50. The molecule has 0 spiro atoms. The van der Waals surface area contributed by atoms with Crippen molar-refractivity contribution in [3.8, 4) is 24.2 Å². The van der Waals surface area contributed by atoms with E-state index in [0.29, 0.717) is 11.3 Å². The van der Waals surface area contributed by atoms with Crippen molar-refractivity contribution in [2.45, 2.75) is 26.2 Å². The van der Waals surface area contributed by atoms with E-state index >= 15 is 0 Å². The monoisotopic (exact) mass is 213 g/mol. The van der Waals surface area contributed by atoms with E-state index in [-0.39, 0.29) is 12.0 Å². The Balaban J connectivity index is 3.29. The van der Waals surface area contributed by atoms with Gasteiger partial charge in [0.05, 0.1) is 11.6 Å². The first kappa shape index (κ1) is 12.1. The summed E-state index contributed by atoms with van der Waals surface area (Å²) in [5.74, 6) is 3.13. The van der Waals surface area contributed by atoms with Crippen molar-refractivity contribution in [1.82, 2.24) is 0 Å². The van der Waals surface area contributed by atoms with Gasteiger partial charge in [-0.25, -0.2) is 0 Å². The SMILES string of the molecule is C#CCOc1cccc(C#N)c1C(C)(C)C. The molecule has 0 unspecified atom stereocenters. The van der Waals surface area contributed by atoms with Crippen LogP contribution in [-0.2, 0) is 5.41 Å². The number of hydrogen-bond acceptors (Lipinski definition) is 2. The molecule has 0 aliphatic rings. The van der Waals surface area contributed by atoms with E-state index in [4.69, 9.17) is 16.4 Å². The third-order valence-corrected chi connectivity index (χ3v) is 2.21. The molecule has 0 amide bonds. The van der Waals surface area contributed by atoms with Crippen LogP contribution in [0, 0.1) is 23.7 Å². The lowest BCUT2D eigenvalue weighted by Gasteiger charge is -2.23. The molecule has 0 heterocycles. The molecule has 0 aromatic heterocycles. The molecule has 0 saturated heterocycles. The maximum atomic E-state index is 9.09. The van der Waals surface area contributed by atoms with E-state index in [9.17, 15) is 0 Å². The molecule has 0 bridgehead atoms. The third-order valence-electron chi connectivity index (χ3n) is 2.21. The Morgan fingerprint density at radius 1 is 1.38 bits per heavy atom. The molecule has 2 nitrogen and oxygen atoms in total. The molecule has 1 rings (SSSR count). The van der Waals surface area contributed by atoms with Gasteiger partial charge in [0.25, 0.3) is 0 Å². The number of nitriles is 1. The smallest absolute Gasteiger partial charge is 0.148 e. The van der Waals surface area contributed by atoms with Gasteiger partial charge in [-0.1, -0.05) is 32.8 Å². The minimum atomic E-state index is -0.143. The highest BCUT2D eigenvalue weighted by Gasteiger charge is 2.22. The van der Waals surface area contributed by atoms with Crippen LogP contribution in [0.1, 0.15) is 31.9 Å². The van der Waals surface area contributed by atoms with Crippen molar-refractivity contribution in [2.75, 3.05) is 6.61 Å². The molecule has 0 fully saturated rings. The zero-order valence-electron chi connectivity index (χ0n) is 9.87. The second-order valence-electron chi connectivity index (χ2n) is 4.53. The average molecular weight is 213 g/mol. The van der Waals surface area contributed by atoms with E-state index in [1.54, 1.807) is 12.1 Å². The van der Waals surface area contributed by atoms with Crippen molar-refractivity contribution in [3.05, 3.63) is 29.3 Å². The summed E-state index contributed by atoms with van der Waals surface area (Å²) in [6.45, 7) is 6.36. The molecule has 2 heteroatoms. The van der Waals surface area contributed by atoms with Crippen LogP contribution < -0.4 is 4.74 Å². The highest BCUT2D eigenvalue weighted by Crippen LogP contribution is 2.33. The van der Waals surface area contributed by atoms with Crippen molar-refractivity contribution >= 4 is 0 Å². The first-order valence-corrected chi connectivity index (χ1v) is 5.10. The number of benzene rings is 1. The highest BCUT2D eigenvalue weighted by molar-refractivity contribution is 5.50. The van der Waals surface area contributed by atoms with Gasteiger partial charge in [-0.2, -0.15) is 5.26 Å². The molecule has 16 heavy (non-hydrogen) atoms. The fraction of sp³-hybridized carbons (Fsp3) is 0.357. The van der Waals surface area contributed by atoms with Gasteiger partial charge in [0.2, 0.25) is 0 Å². The fourth-order valence-electron chi connectivity index (χ4n) is 1.64. The van der Waals surface area contributed by atoms with Crippen molar-refractivity contribution < 1.29 is 4.74 Å². The molecule has 0 aliphatic heterocycles. The maximum Gasteiger partial charge on any atom is 0.148 e. The van der Waals surface area contributed by atoms with Gasteiger partial charge in [0.1, 0.15) is 12.4 Å². The van der Waals surface area contributed by atoms with E-state index in [1.807, 2.05) is 26.8 Å². The summed E-state index contributed by atoms with van der Waals surface area (Å²) in [5, 5.41) is 9.09.